The first kappa shape index (κ1) is 16.3. The number of imide groups is 1. The van der Waals surface area contributed by atoms with Gasteiger partial charge in [-0.1, -0.05) is 11.6 Å². The molecule has 0 aliphatic carbocycles. The van der Waals surface area contributed by atoms with E-state index in [0.29, 0.717) is 10.8 Å². The molecule has 0 spiro atoms. The Morgan fingerprint density at radius 3 is 2.25 bits per heavy atom. The molecule has 0 fully saturated rings. The van der Waals surface area contributed by atoms with E-state index in [0.717, 1.165) is 0 Å². The van der Waals surface area contributed by atoms with Crippen LogP contribution in [0.1, 0.15) is 27.7 Å². The third-order valence-corrected chi connectivity index (χ3v) is 2.47. The van der Waals surface area contributed by atoms with Gasteiger partial charge in [-0.15, -0.1) is 0 Å². The van der Waals surface area contributed by atoms with Crippen LogP contribution < -0.4 is 15.4 Å². The summed E-state index contributed by atoms with van der Waals surface area (Å²) in [7, 11) is 0. The number of urea groups is 1. The molecule has 0 heterocycles. The van der Waals surface area contributed by atoms with E-state index in [9.17, 15) is 9.59 Å². The molecule has 1 aromatic rings. The number of hydrogen-bond acceptors (Lipinski definition) is 3. The Kier molecular flexibility index (Phi) is 5.39. The van der Waals surface area contributed by atoms with Gasteiger partial charge in [0.2, 0.25) is 0 Å². The zero-order chi connectivity index (χ0) is 15.3. The third-order valence-electron chi connectivity index (χ3n) is 2.22. The highest BCUT2D eigenvalue weighted by Gasteiger charge is 2.20. The molecule has 0 aliphatic heterocycles. The van der Waals surface area contributed by atoms with Gasteiger partial charge >= 0.3 is 6.03 Å². The van der Waals surface area contributed by atoms with Crippen molar-refractivity contribution in [2.24, 2.45) is 0 Å². The van der Waals surface area contributed by atoms with Crippen LogP contribution in [0.4, 0.5) is 4.79 Å². The Labute approximate surface area is 123 Å². The van der Waals surface area contributed by atoms with Gasteiger partial charge in [0.25, 0.3) is 5.91 Å². The van der Waals surface area contributed by atoms with Crippen molar-refractivity contribution >= 4 is 23.5 Å². The molecular weight excluding hydrogens is 280 g/mol. The number of hydrogen-bond donors (Lipinski definition) is 2. The molecule has 2 N–H and O–H groups in total. The van der Waals surface area contributed by atoms with Gasteiger partial charge in [0.05, 0.1) is 0 Å². The van der Waals surface area contributed by atoms with Crippen molar-refractivity contribution in [3.8, 4) is 5.75 Å². The molecule has 3 amide bonds. The number of benzene rings is 1. The van der Waals surface area contributed by atoms with Gasteiger partial charge in [-0.3, -0.25) is 10.1 Å². The van der Waals surface area contributed by atoms with Crippen molar-refractivity contribution in [3.63, 3.8) is 0 Å². The largest absolute Gasteiger partial charge is 0.481 e. The molecule has 1 rings (SSSR count). The summed E-state index contributed by atoms with van der Waals surface area (Å²) in [6.07, 6.45) is -0.790. The summed E-state index contributed by atoms with van der Waals surface area (Å²) < 4.78 is 5.41. The van der Waals surface area contributed by atoms with Crippen LogP contribution in [0.5, 0.6) is 5.75 Å². The van der Waals surface area contributed by atoms with Crippen LogP contribution in [-0.2, 0) is 4.79 Å². The minimum absolute atomic E-state index is 0.412. The maximum Gasteiger partial charge on any atom is 0.321 e. The van der Waals surface area contributed by atoms with Crippen molar-refractivity contribution < 1.29 is 14.3 Å². The van der Waals surface area contributed by atoms with E-state index in [-0.39, 0.29) is 0 Å². The van der Waals surface area contributed by atoms with Crippen molar-refractivity contribution in [2.45, 2.75) is 39.3 Å². The van der Waals surface area contributed by atoms with Crippen LogP contribution in [-0.4, -0.2) is 23.6 Å². The summed E-state index contributed by atoms with van der Waals surface area (Å²) in [5, 5.41) is 5.44. The number of halogens is 1. The molecule has 6 heteroatoms. The lowest BCUT2D eigenvalue weighted by atomic mass is 10.1. The van der Waals surface area contributed by atoms with Gasteiger partial charge in [-0.05, 0) is 52.0 Å². The Morgan fingerprint density at radius 2 is 1.75 bits per heavy atom. The second kappa shape index (κ2) is 6.61. The van der Waals surface area contributed by atoms with E-state index < -0.39 is 23.6 Å². The Hall–Kier alpha value is -1.75. The molecule has 110 valence electrons. The van der Waals surface area contributed by atoms with Gasteiger partial charge in [0.15, 0.2) is 6.10 Å². The number of carbonyl (C=O) groups excluding carboxylic acids is 2. The fourth-order valence-corrected chi connectivity index (χ4v) is 1.48. The predicted octanol–water partition coefficient (Wildman–Crippen LogP) is 2.73. The zero-order valence-electron chi connectivity index (χ0n) is 12.0. The molecular formula is C14H19ClN2O3. The molecule has 0 saturated carbocycles. The van der Waals surface area contributed by atoms with Crippen LogP contribution in [0.2, 0.25) is 5.02 Å². The van der Waals surface area contributed by atoms with Crippen LogP contribution in [0.25, 0.3) is 0 Å². The summed E-state index contributed by atoms with van der Waals surface area (Å²) in [4.78, 5) is 23.3. The summed E-state index contributed by atoms with van der Waals surface area (Å²) in [6.45, 7) is 7.04. The molecule has 20 heavy (non-hydrogen) atoms. The fraction of sp³-hybridized carbons (Fsp3) is 0.429. The fourth-order valence-electron chi connectivity index (χ4n) is 1.36. The van der Waals surface area contributed by atoms with E-state index in [1.807, 2.05) is 20.8 Å². The summed E-state index contributed by atoms with van der Waals surface area (Å²) in [6, 6.07) is 6.08. The van der Waals surface area contributed by atoms with Gasteiger partial charge in [-0.25, -0.2) is 4.79 Å². The van der Waals surface area contributed by atoms with E-state index in [1.165, 1.54) is 0 Å². The summed E-state index contributed by atoms with van der Waals surface area (Å²) in [5.41, 5.74) is -0.412. The predicted molar refractivity (Wildman–Crippen MR) is 78.0 cm³/mol. The maximum absolute atomic E-state index is 11.8. The lowest BCUT2D eigenvalue weighted by Gasteiger charge is -2.21. The van der Waals surface area contributed by atoms with Gasteiger partial charge in [0.1, 0.15) is 5.75 Å². The number of amides is 3. The summed E-state index contributed by atoms with van der Waals surface area (Å²) in [5.74, 6) is -0.00465. The third kappa shape index (κ3) is 5.93. The maximum atomic E-state index is 11.8. The average Bonchev–Trinajstić information content (AvgIpc) is 2.29. The SMILES string of the molecule is C[C@H](Oc1ccc(Cl)cc1)C(=O)NC(=O)NC(C)(C)C. The van der Waals surface area contributed by atoms with Gasteiger partial charge in [-0.2, -0.15) is 0 Å². The smallest absolute Gasteiger partial charge is 0.321 e. The highest BCUT2D eigenvalue weighted by molar-refractivity contribution is 6.30. The van der Waals surface area contributed by atoms with Crippen molar-refractivity contribution in [3.05, 3.63) is 29.3 Å². The van der Waals surface area contributed by atoms with Crippen LogP contribution in [0.15, 0.2) is 24.3 Å². The first-order valence-corrected chi connectivity index (χ1v) is 6.60. The normalized spacial score (nSPS) is 12.4. The minimum Gasteiger partial charge on any atom is -0.481 e. The number of ether oxygens (including phenoxy) is 1. The van der Waals surface area contributed by atoms with Gasteiger partial charge < -0.3 is 10.1 Å². The average molecular weight is 299 g/mol. The topological polar surface area (TPSA) is 67.4 Å². The van der Waals surface area contributed by atoms with E-state index in [4.69, 9.17) is 16.3 Å². The molecule has 0 bridgehead atoms. The van der Waals surface area contributed by atoms with Crippen LogP contribution in [0.3, 0.4) is 0 Å². The van der Waals surface area contributed by atoms with E-state index in [1.54, 1.807) is 31.2 Å². The minimum atomic E-state index is -0.790. The molecule has 0 radical (unpaired) electrons. The van der Waals surface area contributed by atoms with Gasteiger partial charge in [0, 0.05) is 10.6 Å². The molecule has 0 saturated heterocycles. The van der Waals surface area contributed by atoms with Crippen molar-refractivity contribution in [1.29, 1.82) is 0 Å². The van der Waals surface area contributed by atoms with E-state index in [2.05, 4.69) is 10.6 Å². The molecule has 1 aromatic carbocycles. The van der Waals surface area contributed by atoms with E-state index >= 15 is 0 Å². The van der Waals surface area contributed by atoms with Crippen LogP contribution in [0, 0.1) is 0 Å². The molecule has 5 nitrogen and oxygen atoms in total. The van der Waals surface area contributed by atoms with Crippen molar-refractivity contribution in [1.82, 2.24) is 10.6 Å². The highest BCUT2D eigenvalue weighted by atomic mass is 35.5. The Morgan fingerprint density at radius 1 is 1.20 bits per heavy atom. The highest BCUT2D eigenvalue weighted by Crippen LogP contribution is 2.16. The monoisotopic (exact) mass is 298 g/mol. The lowest BCUT2D eigenvalue weighted by molar-refractivity contribution is -0.126. The number of nitrogens with one attached hydrogen (secondary N) is 2. The first-order valence-electron chi connectivity index (χ1n) is 6.22. The Balaban J connectivity index is 2.51. The standard InChI is InChI=1S/C14H19ClN2O3/c1-9(20-11-7-5-10(15)6-8-11)12(18)16-13(19)17-14(2,3)4/h5-9H,1-4H3,(H2,16,17,18,19)/t9-/m0/s1. The number of rotatable bonds is 3. The zero-order valence-corrected chi connectivity index (χ0v) is 12.7. The Bertz CT molecular complexity index is 480. The quantitative estimate of drug-likeness (QED) is 0.901. The van der Waals surface area contributed by atoms with Crippen LogP contribution >= 0.6 is 11.6 Å². The second-order valence-electron chi connectivity index (χ2n) is 5.41. The second-order valence-corrected chi connectivity index (χ2v) is 5.84. The molecule has 0 aromatic heterocycles. The molecule has 1 atom stereocenters. The molecule has 0 aliphatic rings. The van der Waals surface area contributed by atoms with Crippen molar-refractivity contribution in [2.75, 3.05) is 0 Å². The lowest BCUT2D eigenvalue weighted by Crippen LogP contribution is -2.50. The summed E-state index contributed by atoms with van der Waals surface area (Å²) >= 11 is 5.75. The molecule has 0 unspecified atom stereocenters. The first-order chi connectivity index (χ1) is 9.17. The number of carbonyl (C=O) groups is 2.